The Labute approximate surface area is 134 Å². The van der Waals surface area contributed by atoms with Gasteiger partial charge in [0.15, 0.2) is 0 Å². The second-order valence-corrected chi connectivity index (χ2v) is 5.72. The third-order valence-electron chi connectivity index (χ3n) is 4.21. The number of fused-ring (bicyclic) bond motifs is 1. The van der Waals surface area contributed by atoms with Crippen molar-refractivity contribution >= 4 is 11.9 Å². The monoisotopic (exact) mass is 345 g/mol. The van der Waals surface area contributed by atoms with Crippen LogP contribution in [0.15, 0.2) is 18.2 Å². The Hall–Kier alpha value is -2.13. The zero-order chi connectivity index (χ0) is 17.5. The molecule has 2 aliphatic rings. The van der Waals surface area contributed by atoms with Crippen LogP contribution in [-0.4, -0.2) is 48.9 Å². The average molecular weight is 345 g/mol. The van der Waals surface area contributed by atoms with E-state index in [0.29, 0.717) is 19.3 Å². The number of alkyl halides is 3. The first kappa shape index (κ1) is 16.7. The summed E-state index contributed by atoms with van der Waals surface area (Å²) in [6.45, 7) is 0.983. The summed E-state index contributed by atoms with van der Waals surface area (Å²) in [5, 5.41) is 11.4. The standard InChI is InChI=1S/C15H14F3NO5/c16-15(17,18)10-3-7(14(21)22)1-2-8(10)13(20)19-11-5-24-12-6-23-4-9(11)12/h1-3,9,11-12H,4-6H2,(H,19,20)(H,21,22)/t9-,11+,12-/m0/s1. The van der Waals surface area contributed by atoms with E-state index in [1.54, 1.807) is 0 Å². The molecular formula is C15H14F3NO5. The van der Waals surface area contributed by atoms with Crippen LogP contribution in [0.4, 0.5) is 13.2 Å². The Morgan fingerprint density at radius 3 is 2.62 bits per heavy atom. The predicted octanol–water partition coefficient (Wildman–Crippen LogP) is 1.55. The lowest BCUT2D eigenvalue weighted by atomic mass is 9.98. The average Bonchev–Trinajstić information content (AvgIpc) is 3.10. The van der Waals surface area contributed by atoms with E-state index in [2.05, 4.69) is 5.32 Å². The predicted molar refractivity (Wildman–Crippen MR) is 73.7 cm³/mol. The molecule has 9 heteroatoms. The van der Waals surface area contributed by atoms with Crippen molar-refractivity contribution in [1.82, 2.24) is 5.32 Å². The molecule has 0 bridgehead atoms. The van der Waals surface area contributed by atoms with Gasteiger partial charge in [-0.2, -0.15) is 13.2 Å². The summed E-state index contributed by atoms with van der Waals surface area (Å²) in [5.74, 6) is -2.51. The van der Waals surface area contributed by atoms with Gasteiger partial charge in [-0.15, -0.1) is 0 Å². The minimum Gasteiger partial charge on any atom is -0.478 e. The van der Waals surface area contributed by atoms with Gasteiger partial charge >= 0.3 is 12.1 Å². The summed E-state index contributed by atoms with van der Waals surface area (Å²) in [6, 6.07) is 1.87. The molecule has 3 rings (SSSR count). The number of carboxylic acid groups (broad SMARTS) is 1. The Bertz CT molecular complexity index is 676. The summed E-state index contributed by atoms with van der Waals surface area (Å²) in [4.78, 5) is 23.1. The zero-order valence-electron chi connectivity index (χ0n) is 12.3. The number of aromatic carboxylic acids is 1. The molecule has 0 radical (unpaired) electrons. The van der Waals surface area contributed by atoms with Crippen LogP contribution in [0.25, 0.3) is 0 Å². The quantitative estimate of drug-likeness (QED) is 0.868. The van der Waals surface area contributed by atoms with E-state index >= 15 is 0 Å². The minimum atomic E-state index is -4.84. The lowest BCUT2D eigenvalue weighted by Gasteiger charge is -2.19. The number of benzene rings is 1. The van der Waals surface area contributed by atoms with Gasteiger partial charge in [-0.05, 0) is 18.2 Å². The summed E-state index contributed by atoms with van der Waals surface area (Å²) in [7, 11) is 0. The van der Waals surface area contributed by atoms with Crippen LogP contribution in [0.5, 0.6) is 0 Å². The van der Waals surface area contributed by atoms with Gasteiger partial charge in [0.05, 0.1) is 48.7 Å². The Kier molecular flexibility index (Phi) is 4.22. The van der Waals surface area contributed by atoms with Crippen LogP contribution in [-0.2, 0) is 15.7 Å². The Morgan fingerprint density at radius 1 is 1.21 bits per heavy atom. The molecular weight excluding hydrogens is 331 g/mol. The molecule has 0 unspecified atom stereocenters. The Balaban J connectivity index is 1.85. The molecule has 2 N–H and O–H groups in total. The molecule has 0 aliphatic carbocycles. The van der Waals surface area contributed by atoms with Gasteiger partial charge in [0.1, 0.15) is 0 Å². The first-order valence-electron chi connectivity index (χ1n) is 7.22. The van der Waals surface area contributed by atoms with Gasteiger partial charge in [-0.3, -0.25) is 4.79 Å². The second kappa shape index (κ2) is 6.06. The molecule has 24 heavy (non-hydrogen) atoms. The minimum absolute atomic E-state index is 0.0958. The number of ether oxygens (including phenoxy) is 2. The number of halogens is 3. The largest absolute Gasteiger partial charge is 0.478 e. The van der Waals surface area contributed by atoms with Crippen LogP contribution >= 0.6 is 0 Å². The molecule has 1 aromatic rings. The number of hydrogen-bond donors (Lipinski definition) is 2. The highest BCUT2D eigenvalue weighted by atomic mass is 19.4. The third kappa shape index (κ3) is 3.09. The lowest BCUT2D eigenvalue weighted by molar-refractivity contribution is -0.138. The second-order valence-electron chi connectivity index (χ2n) is 5.72. The van der Waals surface area contributed by atoms with E-state index < -0.39 is 40.8 Å². The SMILES string of the molecule is O=C(O)c1ccc(C(=O)N[C@@H]2CO[C@H]3COC[C@H]32)c(C(F)(F)F)c1. The highest BCUT2D eigenvalue weighted by Gasteiger charge is 2.43. The molecule has 2 fully saturated rings. The molecule has 130 valence electrons. The molecule has 6 nitrogen and oxygen atoms in total. The molecule has 0 saturated carbocycles. The van der Waals surface area contributed by atoms with Gasteiger partial charge < -0.3 is 19.9 Å². The summed E-state index contributed by atoms with van der Waals surface area (Å²) >= 11 is 0. The van der Waals surface area contributed by atoms with Crippen molar-refractivity contribution in [3.8, 4) is 0 Å². The van der Waals surface area contributed by atoms with Crippen LogP contribution in [0.1, 0.15) is 26.3 Å². The molecule has 3 atom stereocenters. The van der Waals surface area contributed by atoms with Crippen molar-refractivity contribution in [2.75, 3.05) is 19.8 Å². The van der Waals surface area contributed by atoms with Crippen LogP contribution in [0.3, 0.4) is 0 Å². The number of nitrogens with one attached hydrogen (secondary N) is 1. The van der Waals surface area contributed by atoms with Crippen LogP contribution in [0.2, 0.25) is 0 Å². The van der Waals surface area contributed by atoms with Gasteiger partial charge in [-0.1, -0.05) is 0 Å². The highest BCUT2D eigenvalue weighted by molar-refractivity contribution is 5.98. The number of carbonyl (C=O) groups excluding carboxylic acids is 1. The normalized spacial score (nSPS) is 26.2. The number of carbonyl (C=O) groups is 2. The topological polar surface area (TPSA) is 84.9 Å². The molecule has 1 amide bonds. The highest BCUT2D eigenvalue weighted by Crippen LogP contribution is 2.33. The summed E-state index contributed by atoms with van der Waals surface area (Å²) in [6.07, 6.45) is -5.00. The van der Waals surface area contributed by atoms with Crippen molar-refractivity contribution in [2.24, 2.45) is 5.92 Å². The van der Waals surface area contributed by atoms with Gasteiger partial charge in [-0.25, -0.2) is 4.79 Å². The van der Waals surface area contributed by atoms with Gasteiger partial charge in [0, 0.05) is 5.92 Å². The van der Waals surface area contributed by atoms with Crippen molar-refractivity contribution in [1.29, 1.82) is 0 Å². The van der Waals surface area contributed by atoms with Gasteiger partial charge in [0.25, 0.3) is 5.91 Å². The van der Waals surface area contributed by atoms with Crippen molar-refractivity contribution < 1.29 is 37.3 Å². The third-order valence-corrected chi connectivity index (χ3v) is 4.21. The van der Waals surface area contributed by atoms with Crippen molar-refractivity contribution in [3.05, 3.63) is 34.9 Å². The number of hydrogen-bond acceptors (Lipinski definition) is 4. The zero-order valence-corrected chi connectivity index (χ0v) is 12.3. The molecule has 2 aliphatic heterocycles. The van der Waals surface area contributed by atoms with Crippen molar-refractivity contribution in [2.45, 2.75) is 18.3 Å². The van der Waals surface area contributed by atoms with E-state index in [9.17, 15) is 22.8 Å². The van der Waals surface area contributed by atoms with E-state index in [1.165, 1.54) is 0 Å². The fourth-order valence-electron chi connectivity index (χ4n) is 2.95. The maximum atomic E-state index is 13.2. The van der Waals surface area contributed by atoms with E-state index in [0.717, 1.165) is 12.1 Å². The number of carboxylic acids is 1. The maximum Gasteiger partial charge on any atom is 0.417 e. The van der Waals surface area contributed by atoms with Crippen LogP contribution < -0.4 is 5.32 Å². The van der Waals surface area contributed by atoms with E-state index in [1.807, 2.05) is 0 Å². The summed E-state index contributed by atoms with van der Waals surface area (Å²) < 4.78 is 50.2. The molecule has 2 saturated heterocycles. The molecule has 1 aromatic carbocycles. The fourth-order valence-corrected chi connectivity index (χ4v) is 2.95. The molecule has 0 aromatic heterocycles. The van der Waals surface area contributed by atoms with E-state index in [-0.39, 0.29) is 18.6 Å². The first-order valence-corrected chi connectivity index (χ1v) is 7.22. The summed E-state index contributed by atoms with van der Waals surface area (Å²) in [5.41, 5.74) is -2.43. The number of amides is 1. The maximum absolute atomic E-state index is 13.2. The first-order chi connectivity index (χ1) is 11.3. The van der Waals surface area contributed by atoms with Gasteiger partial charge in [0.2, 0.25) is 0 Å². The van der Waals surface area contributed by atoms with Crippen LogP contribution in [0, 0.1) is 5.92 Å². The fraction of sp³-hybridized carbons (Fsp3) is 0.467. The Morgan fingerprint density at radius 2 is 1.96 bits per heavy atom. The lowest BCUT2D eigenvalue weighted by Crippen LogP contribution is -2.41. The van der Waals surface area contributed by atoms with Crippen molar-refractivity contribution in [3.63, 3.8) is 0 Å². The molecule has 0 spiro atoms. The smallest absolute Gasteiger partial charge is 0.417 e. The molecule has 2 heterocycles. The number of rotatable bonds is 3. The van der Waals surface area contributed by atoms with E-state index in [4.69, 9.17) is 14.6 Å².